The lowest BCUT2D eigenvalue weighted by Crippen LogP contribution is -2.33. The maximum absolute atomic E-state index is 6.32. The number of H-pyrrole nitrogens is 1. The lowest BCUT2D eigenvalue weighted by Gasteiger charge is -2.28. The second kappa shape index (κ2) is 7.08. The Balaban J connectivity index is 1.65. The third-order valence-corrected chi connectivity index (χ3v) is 5.83. The molecule has 0 amide bonds. The van der Waals surface area contributed by atoms with Crippen LogP contribution in [0.4, 0.5) is 5.69 Å². The van der Waals surface area contributed by atoms with E-state index in [9.17, 15) is 0 Å². The Morgan fingerprint density at radius 2 is 1.86 bits per heavy atom. The molecule has 0 bridgehead atoms. The van der Waals surface area contributed by atoms with Crippen LogP contribution in [0.1, 0.15) is 25.7 Å². The average molecular weight is 392 g/mol. The van der Waals surface area contributed by atoms with Gasteiger partial charge < -0.3 is 16.0 Å². The van der Waals surface area contributed by atoms with Crippen LogP contribution in [0.5, 0.6) is 0 Å². The second-order valence-corrected chi connectivity index (χ2v) is 8.00. The topological polar surface area (TPSA) is 79.6 Å². The first-order chi connectivity index (χ1) is 13.7. The van der Waals surface area contributed by atoms with Crippen LogP contribution in [0.2, 0.25) is 5.02 Å². The lowest BCUT2D eigenvalue weighted by atomic mass is 9.91. The van der Waals surface area contributed by atoms with Crippen LogP contribution in [0.25, 0.3) is 33.3 Å². The van der Waals surface area contributed by atoms with E-state index in [0.29, 0.717) is 17.1 Å². The van der Waals surface area contributed by atoms with E-state index in [2.05, 4.69) is 15.3 Å². The molecular weight excluding hydrogens is 370 g/mol. The number of aromatic nitrogens is 3. The summed E-state index contributed by atoms with van der Waals surface area (Å²) in [5, 5.41) is 5.48. The summed E-state index contributed by atoms with van der Waals surface area (Å²) < 4.78 is 0. The van der Waals surface area contributed by atoms with E-state index < -0.39 is 0 Å². The highest BCUT2D eigenvalue weighted by atomic mass is 35.5. The number of hydrogen-bond donors (Lipinski definition) is 3. The Morgan fingerprint density at radius 3 is 2.68 bits per heavy atom. The fourth-order valence-corrected chi connectivity index (χ4v) is 4.22. The molecule has 4 aromatic rings. The standard InChI is InChI=1S/C22H22ClN5/c23-13-5-10-18-16(11-13)21(26-15-8-6-14(24)7-9-15)17(12-25-18)22-27-19-3-1-2-4-20(19)28-22/h1-5,10-12,14-15H,6-9,24H2,(H,25,26)(H,27,28). The number of halogens is 1. The Bertz CT molecular complexity index is 1110. The molecule has 1 aliphatic carbocycles. The molecular formula is C22H22ClN5. The second-order valence-electron chi connectivity index (χ2n) is 7.57. The number of anilines is 1. The number of hydrogen-bond acceptors (Lipinski definition) is 4. The Kier molecular flexibility index (Phi) is 4.41. The van der Waals surface area contributed by atoms with Crippen LogP contribution in [0.15, 0.2) is 48.7 Å². The van der Waals surface area contributed by atoms with E-state index in [1.54, 1.807) is 0 Å². The van der Waals surface area contributed by atoms with Gasteiger partial charge in [0, 0.05) is 28.7 Å². The summed E-state index contributed by atoms with van der Waals surface area (Å²) in [5.41, 5.74) is 11.0. The van der Waals surface area contributed by atoms with Gasteiger partial charge in [-0.05, 0) is 56.0 Å². The predicted octanol–water partition coefficient (Wildman–Crippen LogP) is 5.11. The molecule has 28 heavy (non-hydrogen) atoms. The van der Waals surface area contributed by atoms with Crippen molar-refractivity contribution in [1.82, 2.24) is 15.0 Å². The number of nitrogens with zero attached hydrogens (tertiary/aromatic N) is 2. The molecule has 2 aromatic carbocycles. The van der Waals surface area contributed by atoms with Crippen molar-refractivity contribution in [3.8, 4) is 11.4 Å². The fraction of sp³-hybridized carbons (Fsp3) is 0.273. The molecule has 0 spiro atoms. The van der Waals surface area contributed by atoms with Gasteiger partial charge in [-0.25, -0.2) is 4.98 Å². The molecule has 0 unspecified atom stereocenters. The van der Waals surface area contributed by atoms with E-state index >= 15 is 0 Å². The number of imidazole rings is 1. The molecule has 6 heteroatoms. The van der Waals surface area contributed by atoms with Crippen LogP contribution in [-0.4, -0.2) is 27.0 Å². The van der Waals surface area contributed by atoms with Crippen molar-refractivity contribution in [1.29, 1.82) is 0 Å². The number of para-hydroxylation sites is 2. The minimum Gasteiger partial charge on any atom is -0.381 e. The van der Waals surface area contributed by atoms with Crippen LogP contribution in [-0.2, 0) is 0 Å². The molecule has 0 radical (unpaired) electrons. The van der Waals surface area contributed by atoms with Gasteiger partial charge in [0.25, 0.3) is 0 Å². The number of nitrogens with two attached hydrogens (primary N) is 1. The molecule has 1 aliphatic rings. The summed E-state index contributed by atoms with van der Waals surface area (Å²) in [6.07, 6.45) is 6.10. The van der Waals surface area contributed by atoms with E-state index in [-0.39, 0.29) is 0 Å². The molecule has 0 saturated heterocycles. The van der Waals surface area contributed by atoms with Gasteiger partial charge in [0.1, 0.15) is 5.82 Å². The molecule has 1 saturated carbocycles. The van der Waals surface area contributed by atoms with Crippen LogP contribution < -0.4 is 11.1 Å². The van der Waals surface area contributed by atoms with Gasteiger partial charge in [-0.1, -0.05) is 23.7 Å². The number of rotatable bonds is 3. The van der Waals surface area contributed by atoms with E-state index in [4.69, 9.17) is 22.3 Å². The summed E-state index contributed by atoms with van der Waals surface area (Å²) in [4.78, 5) is 12.9. The van der Waals surface area contributed by atoms with Gasteiger partial charge in [0.05, 0.1) is 27.8 Å². The van der Waals surface area contributed by atoms with Gasteiger partial charge in [0.2, 0.25) is 0 Å². The average Bonchev–Trinajstić information content (AvgIpc) is 3.14. The van der Waals surface area contributed by atoms with Gasteiger partial charge in [-0.15, -0.1) is 0 Å². The largest absolute Gasteiger partial charge is 0.381 e. The third kappa shape index (κ3) is 3.21. The predicted molar refractivity (Wildman–Crippen MR) is 116 cm³/mol. The first-order valence-corrected chi connectivity index (χ1v) is 10.1. The maximum atomic E-state index is 6.32. The van der Waals surface area contributed by atoms with Crippen LogP contribution >= 0.6 is 11.6 Å². The van der Waals surface area contributed by atoms with Gasteiger partial charge in [-0.3, -0.25) is 4.98 Å². The summed E-state index contributed by atoms with van der Waals surface area (Å²) >= 11 is 6.32. The summed E-state index contributed by atoms with van der Waals surface area (Å²) in [5.74, 6) is 0.811. The third-order valence-electron chi connectivity index (χ3n) is 5.59. The molecule has 2 aromatic heterocycles. The van der Waals surface area contributed by atoms with E-state index in [0.717, 1.165) is 64.7 Å². The number of benzene rings is 2. The smallest absolute Gasteiger partial charge is 0.142 e. The Morgan fingerprint density at radius 1 is 1.04 bits per heavy atom. The highest BCUT2D eigenvalue weighted by molar-refractivity contribution is 6.31. The number of aromatic amines is 1. The molecule has 0 aliphatic heterocycles. The number of pyridine rings is 1. The molecule has 5 rings (SSSR count). The van der Waals surface area contributed by atoms with Crippen LogP contribution in [0.3, 0.4) is 0 Å². The van der Waals surface area contributed by atoms with Crippen molar-refractivity contribution >= 4 is 39.2 Å². The summed E-state index contributed by atoms with van der Waals surface area (Å²) in [6.45, 7) is 0. The minimum absolute atomic E-state index is 0.316. The highest BCUT2D eigenvalue weighted by Crippen LogP contribution is 2.36. The van der Waals surface area contributed by atoms with Crippen molar-refractivity contribution in [2.24, 2.45) is 5.73 Å². The SMILES string of the molecule is NC1CCC(Nc2c(-c3nc4ccccc4[nH]3)cnc3ccc(Cl)cc23)CC1. The fourth-order valence-electron chi connectivity index (χ4n) is 4.05. The molecule has 0 atom stereocenters. The first-order valence-electron chi connectivity index (χ1n) is 9.73. The molecule has 5 nitrogen and oxygen atoms in total. The monoisotopic (exact) mass is 391 g/mol. The van der Waals surface area contributed by atoms with Gasteiger partial charge >= 0.3 is 0 Å². The van der Waals surface area contributed by atoms with Crippen molar-refractivity contribution in [2.45, 2.75) is 37.8 Å². The molecule has 142 valence electrons. The maximum Gasteiger partial charge on any atom is 0.142 e. The van der Waals surface area contributed by atoms with E-state index in [1.165, 1.54) is 0 Å². The number of fused-ring (bicyclic) bond motifs is 2. The normalized spacial score (nSPS) is 19.9. The minimum atomic E-state index is 0.316. The van der Waals surface area contributed by atoms with Crippen LogP contribution in [0, 0.1) is 0 Å². The Hall–Kier alpha value is -2.63. The van der Waals surface area contributed by atoms with Crippen molar-refractivity contribution in [3.63, 3.8) is 0 Å². The summed E-state index contributed by atoms with van der Waals surface area (Å²) in [6, 6.07) is 14.6. The Labute approximate surface area is 168 Å². The van der Waals surface area contributed by atoms with Crippen molar-refractivity contribution in [3.05, 3.63) is 53.7 Å². The zero-order valence-corrected chi connectivity index (χ0v) is 16.2. The van der Waals surface area contributed by atoms with E-state index in [1.807, 2.05) is 48.7 Å². The van der Waals surface area contributed by atoms with Gasteiger partial charge in [0.15, 0.2) is 0 Å². The molecule has 2 heterocycles. The lowest BCUT2D eigenvalue weighted by molar-refractivity contribution is 0.411. The zero-order valence-electron chi connectivity index (χ0n) is 15.5. The van der Waals surface area contributed by atoms with Gasteiger partial charge in [-0.2, -0.15) is 0 Å². The number of nitrogens with one attached hydrogen (secondary N) is 2. The molecule has 1 fully saturated rings. The quantitative estimate of drug-likeness (QED) is 0.453. The van der Waals surface area contributed by atoms with Crippen molar-refractivity contribution < 1.29 is 0 Å². The molecule has 4 N–H and O–H groups in total. The van der Waals surface area contributed by atoms with Crippen molar-refractivity contribution in [2.75, 3.05) is 5.32 Å². The first kappa shape index (κ1) is 17.5. The summed E-state index contributed by atoms with van der Waals surface area (Å²) in [7, 11) is 0. The highest BCUT2D eigenvalue weighted by Gasteiger charge is 2.22. The zero-order chi connectivity index (χ0) is 19.1.